The highest BCUT2D eigenvalue weighted by Crippen LogP contribution is 2.23. The molecule has 112 valence electrons. The van der Waals surface area contributed by atoms with Crippen LogP contribution in [-0.2, 0) is 0 Å². The molecule has 3 aromatic rings. The van der Waals surface area contributed by atoms with Crippen molar-refractivity contribution in [2.75, 3.05) is 19.5 Å². The number of imidazole rings is 1. The highest BCUT2D eigenvalue weighted by atomic mass is 16.5. The van der Waals surface area contributed by atoms with Crippen LogP contribution in [0.1, 0.15) is 10.4 Å². The number of methoxy groups -OCH3 is 2. The van der Waals surface area contributed by atoms with E-state index in [1.807, 2.05) is 12.1 Å². The minimum Gasteiger partial charge on any atom is -0.497 e. The highest BCUT2D eigenvalue weighted by molar-refractivity contribution is 6.05. The number of nitrogens with one attached hydrogen (secondary N) is 2. The van der Waals surface area contributed by atoms with Crippen LogP contribution < -0.4 is 14.8 Å². The molecule has 1 aromatic heterocycles. The third kappa shape index (κ3) is 2.71. The number of ether oxygens (including phenoxy) is 2. The number of carbonyl (C=O) groups is 1. The number of H-pyrrole nitrogens is 1. The van der Waals surface area contributed by atoms with Gasteiger partial charge in [0.25, 0.3) is 5.91 Å². The third-order valence-corrected chi connectivity index (χ3v) is 3.29. The SMILES string of the molecule is COc1cc(OC)cc(C(=O)Nc2ccc3nc[nH]c3c2)c1. The minimum atomic E-state index is -0.240. The zero-order valence-corrected chi connectivity index (χ0v) is 12.2. The number of rotatable bonds is 4. The van der Waals surface area contributed by atoms with Crippen LogP contribution in [0.3, 0.4) is 0 Å². The van der Waals surface area contributed by atoms with E-state index in [2.05, 4.69) is 15.3 Å². The van der Waals surface area contributed by atoms with Crippen LogP contribution >= 0.6 is 0 Å². The smallest absolute Gasteiger partial charge is 0.255 e. The van der Waals surface area contributed by atoms with Gasteiger partial charge in [0, 0.05) is 17.3 Å². The molecule has 1 heterocycles. The van der Waals surface area contributed by atoms with E-state index in [9.17, 15) is 4.79 Å². The molecule has 0 fully saturated rings. The summed E-state index contributed by atoms with van der Waals surface area (Å²) >= 11 is 0. The van der Waals surface area contributed by atoms with Gasteiger partial charge in [-0.05, 0) is 30.3 Å². The second-order valence-corrected chi connectivity index (χ2v) is 4.69. The molecule has 2 N–H and O–H groups in total. The molecule has 0 bridgehead atoms. The van der Waals surface area contributed by atoms with Gasteiger partial charge in [0.1, 0.15) is 11.5 Å². The van der Waals surface area contributed by atoms with Crippen molar-refractivity contribution < 1.29 is 14.3 Å². The number of benzene rings is 2. The number of carbonyl (C=O) groups excluding carboxylic acids is 1. The van der Waals surface area contributed by atoms with Crippen LogP contribution in [0.5, 0.6) is 11.5 Å². The van der Waals surface area contributed by atoms with Crippen molar-refractivity contribution in [2.45, 2.75) is 0 Å². The molecule has 2 aromatic carbocycles. The summed E-state index contributed by atoms with van der Waals surface area (Å²) in [6.45, 7) is 0. The van der Waals surface area contributed by atoms with Gasteiger partial charge < -0.3 is 19.8 Å². The molecule has 6 nitrogen and oxygen atoms in total. The zero-order valence-electron chi connectivity index (χ0n) is 12.2. The molecule has 3 rings (SSSR count). The minimum absolute atomic E-state index is 0.240. The molecule has 0 saturated heterocycles. The summed E-state index contributed by atoms with van der Waals surface area (Å²) in [6.07, 6.45) is 1.61. The van der Waals surface area contributed by atoms with Crippen molar-refractivity contribution in [1.29, 1.82) is 0 Å². The van der Waals surface area contributed by atoms with Gasteiger partial charge in [-0.2, -0.15) is 0 Å². The molecule has 0 radical (unpaired) electrons. The van der Waals surface area contributed by atoms with E-state index in [4.69, 9.17) is 9.47 Å². The molecule has 0 spiro atoms. The number of hydrogen-bond acceptors (Lipinski definition) is 4. The predicted octanol–water partition coefficient (Wildman–Crippen LogP) is 2.83. The van der Waals surface area contributed by atoms with Crippen molar-refractivity contribution in [3.63, 3.8) is 0 Å². The first-order chi connectivity index (χ1) is 10.7. The van der Waals surface area contributed by atoms with Crippen LogP contribution in [0.4, 0.5) is 5.69 Å². The largest absolute Gasteiger partial charge is 0.497 e. The summed E-state index contributed by atoms with van der Waals surface area (Å²) in [6, 6.07) is 10.5. The average molecular weight is 297 g/mol. The normalized spacial score (nSPS) is 10.5. The zero-order chi connectivity index (χ0) is 15.5. The Balaban J connectivity index is 1.87. The number of aromatic nitrogens is 2. The average Bonchev–Trinajstić information content (AvgIpc) is 3.01. The first-order valence-corrected chi connectivity index (χ1v) is 6.67. The van der Waals surface area contributed by atoms with E-state index in [0.717, 1.165) is 11.0 Å². The van der Waals surface area contributed by atoms with Gasteiger partial charge in [-0.3, -0.25) is 4.79 Å². The number of fused-ring (bicyclic) bond motifs is 1. The Bertz CT molecular complexity index is 804. The van der Waals surface area contributed by atoms with Crippen molar-refractivity contribution in [3.05, 3.63) is 48.3 Å². The van der Waals surface area contributed by atoms with E-state index >= 15 is 0 Å². The molecule has 0 aliphatic heterocycles. The van der Waals surface area contributed by atoms with Gasteiger partial charge in [0.05, 0.1) is 31.6 Å². The lowest BCUT2D eigenvalue weighted by atomic mass is 10.1. The molecule has 0 saturated carbocycles. The standard InChI is InChI=1S/C16H15N3O3/c1-21-12-5-10(6-13(8-12)22-2)16(20)19-11-3-4-14-15(7-11)18-9-17-14/h3-9H,1-2H3,(H,17,18)(H,19,20). The molecular formula is C16H15N3O3. The lowest BCUT2D eigenvalue weighted by molar-refractivity contribution is 0.102. The summed E-state index contributed by atoms with van der Waals surface area (Å²) in [5.41, 5.74) is 2.85. The molecule has 6 heteroatoms. The van der Waals surface area contributed by atoms with Gasteiger partial charge >= 0.3 is 0 Å². The highest BCUT2D eigenvalue weighted by Gasteiger charge is 2.10. The van der Waals surface area contributed by atoms with Gasteiger partial charge in [0.2, 0.25) is 0 Å². The topological polar surface area (TPSA) is 76.2 Å². The Morgan fingerprint density at radius 3 is 2.50 bits per heavy atom. The summed E-state index contributed by atoms with van der Waals surface area (Å²) < 4.78 is 10.3. The Morgan fingerprint density at radius 2 is 1.82 bits per heavy atom. The molecular weight excluding hydrogens is 282 g/mol. The van der Waals surface area contributed by atoms with E-state index in [1.165, 1.54) is 0 Å². The van der Waals surface area contributed by atoms with Crippen LogP contribution in [0.25, 0.3) is 11.0 Å². The Hall–Kier alpha value is -3.02. The lowest BCUT2D eigenvalue weighted by Gasteiger charge is -2.09. The van der Waals surface area contributed by atoms with Gasteiger partial charge in [-0.25, -0.2) is 4.98 Å². The Kier molecular flexibility index (Phi) is 3.65. The molecule has 0 aliphatic carbocycles. The first-order valence-electron chi connectivity index (χ1n) is 6.67. The number of nitrogens with zero attached hydrogens (tertiary/aromatic N) is 1. The van der Waals surface area contributed by atoms with E-state index in [0.29, 0.717) is 22.7 Å². The third-order valence-electron chi connectivity index (χ3n) is 3.29. The number of aromatic amines is 1. The summed E-state index contributed by atoms with van der Waals surface area (Å²) in [4.78, 5) is 19.5. The van der Waals surface area contributed by atoms with E-state index < -0.39 is 0 Å². The van der Waals surface area contributed by atoms with E-state index in [1.54, 1.807) is 44.8 Å². The second kappa shape index (κ2) is 5.77. The molecule has 0 atom stereocenters. The maximum absolute atomic E-state index is 12.4. The van der Waals surface area contributed by atoms with Crippen molar-refractivity contribution in [2.24, 2.45) is 0 Å². The first kappa shape index (κ1) is 13.9. The van der Waals surface area contributed by atoms with Crippen LogP contribution in [-0.4, -0.2) is 30.1 Å². The summed E-state index contributed by atoms with van der Waals surface area (Å²) in [5, 5.41) is 2.84. The maximum atomic E-state index is 12.4. The molecule has 0 unspecified atom stereocenters. The van der Waals surface area contributed by atoms with Crippen LogP contribution in [0.2, 0.25) is 0 Å². The van der Waals surface area contributed by atoms with Crippen molar-refractivity contribution in [1.82, 2.24) is 9.97 Å². The van der Waals surface area contributed by atoms with Gasteiger partial charge in [-0.1, -0.05) is 0 Å². The Labute approximate surface area is 127 Å². The lowest BCUT2D eigenvalue weighted by Crippen LogP contribution is -2.12. The number of hydrogen-bond donors (Lipinski definition) is 2. The molecule has 0 aliphatic rings. The fourth-order valence-corrected chi connectivity index (χ4v) is 2.16. The van der Waals surface area contributed by atoms with Gasteiger partial charge in [-0.15, -0.1) is 0 Å². The number of amides is 1. The van der Waals surface area contributed by atoms with Crippen LogP contribution in [0.15, 0.2) is 42.7 Å². The molecule has 22 heavy (non-hydrogen) atoms. The fourth-order valence-electron chi connectivity index (χ4n) is 2.16. The second-order valence-electron chi connectivity index (χ2n) is 4.69. The van der Waals surface area contributed by atoms with Crippen molar-refractivity contribution >= 4 is 22.6 Å². The van der Waals surface area contributed by atoms with Crippen molar-refractivity contribution in [3.8, 4) is 11.5 Å². The monoisotopic (exact) mass is 297 g/mol. The predicted molar refractivity (Wildman–Crippen MR) is 83.6 cm³/mol. The fraction of sp³-hybridized carbons (Fsp3) is 0.125. The van der Waals surface area contributed by atoms with Gasteiger partial charge in [0.15, 0.2) is 0 Å². The van der Waals surface area contributed by atoms with Crippen LogP contribution in [0, 0.1) is 0 Å². The quantitative estimate of drug-likeness (QED) is 0.776. The summed E-state index contributed by atoms with van der Waals surface area (Å²) in [5.74, 6) is 0.887. The Morgan fingerprint density at radius 1 is 1.09 bits per heavy atom. The summed E-state index contributed by atoms with van der Waals surface area (Å²) in [7, 11) is 3.09. The number of anilines is 1. The van der Waals surface area contributed by atoms with E-state index in [-0.39, 0.29) is 5.91 Å². The maximum Gasteiger partial charge on any atom is 0.255 e. The molecule has 1 amide bonds.